The Labute approximate surface area is 130 Å². The minimum atomic E-state index is 0.0319. The lowest BCUT2D eigenvalue weighted by molar-refractivity contribution is -0.861. The third-order valence-corrected chi connectivity index (χ3v) is 3.56. The fraction of sp³-hybridized carbons (Fsp3) is 0.500. The standard InChI is InChI=1S/C14H21Cl2N3O/c1-18(2)8-10(9-19(3)4)14(20)17-11-5-6-12(15)13(16)7-11/h5-7,10H,8-9H2,1-4H3,(H,17,20)/p+2. The minimum absolute atomic E-state index is 0.0319. The van der Waals surface area contributed by atoms with Gasteiger partial charge >= 0.3 is 5.90 Å². The van der Waals surface area contributed by atoms with Crippen LogP contribution in [0, 0.1) is 5.92 Å². The maximum absolute atomic E-state index is 10.3. The van der Waals surface area contributed by atoms with Crippen LogP contribution in [0.3, 0.4) is 0 Å². The van der Waals surface area contributed by atoms with Crippen LogP contribution < -0.4 is 9.89 Å². The number of aliphatic hydroxyl groups excluding tert-OH is 1. The fourth-order valence-corrected chi connectivity index (χ4v) is 2.30. The van der Waals surface area contributed by atoms with E-state index in [1.807, 2.05) is 14.1 Å². The summed E-state index contributed by atoms with van der Waals surface area (Å²) in [5.74, 6) is 0.280. The first-order valence-electron chi connectivity index (χ1n) is 6.51. The summed E-state index contributed by atoms with van der Waals surface area (Å²) in [6, 6.07) is 5.20. The van der Waals surface area contributed by atoms with E-state index < -0.39 is 0 Å². The highest BCUT2D eigenvalue weighted by Crippen LogP contribution is 2.22. The molecule has 1 atom stereocenters. The van der Waals surface area contributed by atoms with Crippen LogP contribution >= 0.6 is 23.2 Å². The largest absolute Gasteiger partial charge is 0.463 e. The number of halogens is 2. The smallest absolute Gasteiger partial charge is 0.348 e. The second-order valence-corrected chi connectivity index (χ2v) is 6.32. The lowest BCUT2D eigenvalue weighted by Crippen LogP contribution is -3.07. The zero-order valence-electron chi connectivity index (χ0n) is 12.4. The van der Waals surface area contributed by atoms with Gasteiger partial charge in [-0.25, -0.2) is 0 Å². The predicted molar refractivity (Wildman–Crippen MR) is 84.4 cm³/mol. The Hall–Kier alpha value is -0.810. The van der Waals surface area contributed by atoms with Gasteiger partial charge in [0, 0.05) is 18.7 Å². The van der Waals surface area contributed by atoms with Gasteiger partial charge in [-0.15, -0.1) is 0 Å². The molecule has 0 amide bonds. The molecule has 0 aliphatic heterocycles. The number of hydrogen-bond acceptors (Lipinski definition) is 1. The molecule has 1 aromatic rings. The summed E-state index contributed by atoms with van der Waals surface area (Å²) >= 11 is 11.8. The quantitative estimate of drug-likeness (QED) is 0.510. The van der Waals surface area contributed by atoms with Crippen molar-refractivity contribution < 1.29 is 15.0 Å². The molecule has 0 spiro atoms. The number of quaternary nitrogens is 1. The molecule has 1 rings (SSSR count). The molecule has 0 heterocycles. The highest BCUT2D eigenvalue weighted by Gasteiger charge is 2.25. The molecule has 0 aromatic heterocycles. The van der Waals surface area contributed by atoms with E-state index in [0.29, 0.717) is 10.0 Å². The number of nitrogens with one attached hydrogen (secondary N) is 2. The van der Waals surface area contributed by atoms with Crippen molar-refractivity contribution in [3.63, 3.8) is 0 Å². The Bertz CT molecular complexity index is 465. The van der Waals surface area contributed by atoms with Gasteiger partial charge in [0.1, 0.15) is 5.92 Å². The molecule has 1 aromatic carbocycles. The maximum Gasteiger partial charge on any atom is 0.348 e. The molecular formula is C14H23Cl2N3O+2. The molecule has 0 saturated heterocycles. The van der Waals surface area contributed by atoms with E-state index in [9.17, 15) is 5.11 Å². The Morgan fingerprint density at radius 2 is 1.95 bits per heavy atom. The van der Waals surface area contributed by atoms with Crippen LogP contribution in [-0.4, -0.2) is 57.2 Å². The third kappa shape index (κ3) is 5.67. The van der Waals surface area contributed by atoms with Crippen molar-refractivity contribution in [1.29, 1.82) is 0 Å². The van der Waals surface area contributed by atoms with E-state index in [-0.39, 0.29) is 11.8 Å². The summed E-state index contributed by atoms with van der Waals surface area (Å²) in [5, 5.41) is 11.3. The van der Waals surface area contributed by atoms with E-state index in [4.69, 9.17) is 23.2 Å². The number of aliphatic hydroxyl groups is 1. The molecule has 1 unspecified atom stereocenters. The highest BCUT2D eigenvalue weighted by molar-refractivity contribution is 6.42. The van der Waals surface area contributed by atoms with E-state index in [1.165, 1.54) is 4.90 Å². The van der Waals surface area contributed by atoms with E-state index in [0.717, 1.165) is 18.8 Å². The first-order valence-corrected chi connectivity index (χ1v) is 7.26. The summed E-state index contributed by atoms with van der Waals surface area (Å²) < 4.78 is 0. The molecule has 0 aliphatic rings. The average molecular weight is 320 g/mol. The van der Waals surface area contributed by atoms with Crippen LogP contribution in [-0.2, 0) is 0 Å². The number of rotatable bonds is 6. The Morgan fingerprint density at radius 3 is 2.45 bits per heavy atom. The zero-order chi connectivity index (χ0) is 15.3. The third-order valence-electron chi connectivity index (χ3n) is 2.82. The van der Waals surface area contributed by atoms with Crippen molar-refractivity contribution in [1.82, 2.24) is 4.90 Å². The lowest BCUT2D eigenvalue weighted by Gasteiger charge is -2.18. The SMILES string of the molecule is CN(C)CC(C[NH+](C)C)C(O)=[NH+]c1ccc(Cl)c(Cl)c1. The van der Waals surface area contributed by atoms with Crippen LogP contribution in [0.25, 0.3) is 0 Å². The summed E-state index contributed by atoms with van der Waals surface area (Å²) in [7, 11) is 8.11. The molecule has 112 valence electrons. The van der Waals surface area contributed by atoms with E-state index in [2.05, 4.69) is 24.0 Å². The van der Waals surface area contributed by atoms with Crippen molar-refractivity contribution in [2.45, 2.75) is 0 Å². The van der Waals surface area contributed by atoms with Crippen molar-refractivity contribution in [2.75, 3.05) is 41.3 Å². The van der Waals surface area contributed by atoms with Crippen LogP contribution in [0.4, 0.5) is 5.69 Å². The molecule has 0 bridgehead atoms. The summed E-state index contributed by atoms with van der Waals surface area (Å²) in [4.78, 5) is 6.34. The van der Waals surface area contributed by atoms with Gasteiger partial charge in [0.25, 0.3) is 0 Å². The Morgan fingerprint density at radius 1 is 1.30 bits per heavy atom. The predicted octanol–water partition coefficient (Wildman–Crippen LogP) is -0.0157. The number of benzene rings is 1. The normalized spacial score (nSPS) is 14.1. The summed E-state index contributed by atoms with van der Waals surface area (Å²) in [6.07, 6.45) is 0. The zero-order valence-corrected chi connectivity index (χ0v) is 13.9. The first-order chi connectivity index (χ1) is 9.29. The van der Waals surface area contributed by atoms with Crippen molar-refractivity contribution in [3.8, 4) is 0 Å². The molecule has 0 aliphatic carbocycles. The van der Waals surface area contributed by atoms with Gasteiger partial charge in [-0.05, 0) is 20.2 Å². The van der Waals surface area contributed by atoms with Gasteiger partial charge in [-0.1, -0.05) is 23.2 Å². The van der Waals surface area contributed by atoms with Crippen LogP contribution in [0.1, 0.15) is 0 Å². The minimum Gasteiger partial charge on any atom is -0.463 e. The van der Waals surface area contributed by atoms with Gasteiger partial charge < -0.3 is 14.9 Å². The van der Waals surface area contributed by atoms with Crippen molar-refractivity contribution in [2.24, 2.45) is 5.92 Å². The molecule has 0 fully saturated rings. The maximum atomic E-state index is 10.3. The average Bonchev–Trinajstić information content (AvgIpc) is 2.32. The van der Waals surface area contributed by atoms with Gasteiger partial charge in [-0.2, -0.15) is 4.99 Å². The van der Waals surface area contributed by atoms with Crippen LogP contribution in [0.5, 0.6) is 0 Å². The van der Waals surface area contributed by atoms with Crippen LogP contribution in [0.2, 0.25) is 10.0 Å². The summed E-state index contributed by atoms with van der Waals surface area (Å²) in [6.45, 7) is 1.60. The second-order valence-electron chi connectivity index (χ2n) is 5.51. The summed E-state index contributed by atoms with van der Waals surface area (Å²) in [5.41, 5.74) is 0.731. The van der Waals surface area contributed by atoms with E-state index in [1.54, 1.807) is 18.2 Å². The molecule has 3 N–H and O–H groups in total. The van der Waals surface area contributed by atoms with Crippen molar-refractivity contribution in [3.05, 3.63) is 28.2 Å². The van der Waals surface area contributed by atoms with Crippen molar-refractivity contribution >= 4 is 34.8 Å². The highest BCUT2D eigenvalue weighted by atomic mass is 35.5. The molecule has 4 nitrogen and oxygen atoms in total. The molecule has 0 radical (unpaired) electrons. The first kappa shape index (κ1) is 17.2. The van der Waals surface area contributed by atoms with Gasteiger partial charge in [0.2, 0.25) is 5.69 Å². The van der Waals surface area contributed by atoms with Gasteiger partial charge in [0.05, 0.1) is 30.7 Å². The Kier molecular flexibility index (Phi) is 6.76. The molecule has 6 heteroatoms. The number of nitrogens with zero attached hydrogens (tertiary/aromatic N) is 1. The van der Waals surface area contributed by atoms with Gasteiger partial charge in [0.15, 0.2) is 0 Å². The lowest BCUT2D eigenvalue weighted by atomic mass is 10.1. The Balaban J connectivity index is 2.93. The number of hydrogen-bond donors (Lipinski definition) is 3. The van der Waals surface area contributed by atoms with Crippen LogP contribution in [0.15, 0.2) is 18.2 Å². The van der Waals surface area contributed by atoms with E-state index >= 15 is 0 Å². The second kappa shape index (κ2) is 7.84. The molecular weight excluding hydrogens is 297 g/mol. The fourth-order valence-electron chi connectivity index (χ4n) is 2.01. The monoisotopic (exact) mass is 319 g/mol. The topological polar surface area (TPSA) is 41.9 Å². The molecule has 0 saturated carbocycles. The van der Waals surface area contributed by atoms with Gasteiger partial charge in [-0.3, -0.25) is 0 Å². The molecule has 20 heavy (non-hydrogen) atoms.